The Balaban J connectivity index is 0.000000492. The topological polar surface area (TPSA) is 74.4 Å². The van der Waals surface area contributed by atoms with Crippen LogP contribution in [0.25, 0.3) is 10.9 Å². The van der Waals surface area contributed by atoms with Crippen molar-refractivity contribution in [3.8, 4) is 5.75 Å². The van der Waals surface area contributed by atoms with E-state index in [9.17, 15) is 4.79 Å². The van der Waals surface area contributed by atoms with Crippen LogP contribution in [-0.4, -0.2) is 36.8 Å². The van der Waals surface area contributed by atoms with Gasteiger partial charge in [0.25, 0.3) is 0 Å². The highest BCUT2D eigenvalue weighted by Gasteiger charge is 2.07. The van der Waals surface area contributed by atoms with Gasteiger partial charge in [0.15, 0.2) is 0 Å². The molecule has 0 saturated heterocycles. The van der Waals surface area contributed by atoms with Crippen LogP contribution in [0.3, 0.4) is 0 Å². The van der Waals surface area contributed by atoms with Gasteiger partial charge in [0.1, 0.15) is 11.4 Å². The summed E-state index contributed by atoms with van der Waals surface area (Å²) in [6.45, 7) is 2.51. The van der Waals surface area contributed by atoms with Crippen LogP contribution in [0, 0.1) is 0 Å². The number of benzene rings is 1. The Morgan fingerprint density at radius 3 is 2.61 bits per heavy atom. The van der Waals surface area contributed by atoms with Crippen LogP contribution in [-0.2, 0) is 0 Å². The van der Waals surface area contributed by atoms with Gasteiger partial charge in [-0.05, 0) is 45.3 Å². The van der Waals surface area contributed by atoms with Crippen molar-refractivity contribution in [3.05, 3.63) is 30.0 Å². The fraction of sp³-hybridized carbons (Fsp3) is 0.308. The third kappa shape index (κ3) is 3.49. The fourth-order valence-electron chi connectivity index (χ4n) is 1.48. The first-order chi connectivity index (χ1) is 8.62. The minimum atomic E-state index is -0.954. The molecule has 1 heterocycles. The molecule has 0 atom stereocenters. The highest BCUT2D eigenvalue weighted by molar-refractivity contribution is 5.94. The van der Waals surface area contributed by atoms with Crippen molar-refractivity contribution in [2.45, 2.75) is 6.92 Å². The largest absolute Gasteiger partial charge is 0.494 e. The van der Waals surface area contributed by atoms with Gasteiger partial charge in [-0.25, -0.2) is 4.79 Å². The van der Waals surface area contributed by atoms with Crippen molar-refractivity contribution >= 4 is 16.9 Å². The molecule has 5 nitrogen and oxygen atoms in total. The summed E-state index contributed by atoms with van der Waals surface area (Å²) >= 11 is 0. The molecule has 0 fully saturated rings. The number of carboxylic acids is 1. The minimum Gasteiger partial charge on any atom is -0.494 e. The van der Waals surface area contributed by atoms with E-state index in [1.54, 1.807) is 6.07 Å². The number of nitrogens with one attached hydrogen (secondary N) is 2. The van der Waals surface area contributed by atoms with Crippen LogP contribution in [0.1, 0.15) is 17.4 Å². The lowest BCUT2D eigenvalue weighted by Crippen LogP contribution is -1.94. The predicted molar refractivity (Wildman–Crippen MR) is 71.4 cm³/mol. The summed E-state index contributed by atoms with van der Waals surface area (Å²) in [6, 6.07) is 7.04. The van der Waals surface area contributed by atoms with E-state index in [4.69, 9.17) is 9.84 Å². The average molecular weight is 250 g/mol. The Kier molecular flexibility index (Phi) is 5.20. The lowest BCUT2D eigenvalue weighted by Gasteiger charge is -2.01. The van der Waals surface area contributed by atoms with Gasteiger partial charge in [0.2, 0.25) is 0 Å². The van der Waals surface area contributed by atoms with Crippen molar-refractivity contribution in [2.75, 3.05) is 20.7 Å². The lowest BCUT2D eigenvalue weighted by molar-refractivity contribution is 0.0691. The summed E-state index contributed by atoms with van der Waals surface area (Å²) < 4.78 is 5.32. The highest BCUT2D eigenvalue weighted by atomic mass is 16.5. The van der Waals surface area contributed by atoms with Crippen molar-refractivity contribution < 1.29 is 14.6 Å². The van der Waals surface area contributed by atoms with Gasteiger partial charge in [-0.1, -0.05) is 0 Å². The number of aromatic amines is 1. The van der Waals surface area contributed by atoms with Crippen LogP contribution in [0.2, 0.25) is 0 Å². The Labute approximate surface area is 106 Å². The van der Waals surface area contributed by atoms with Gasteiger partial charge in [0, 0.05) is 10.9 Å². The standard InChI is InChI=1S/C11H11NO3.C2H7N/c1-2-15-8-3-4-9-7(5-8)6-10(12-9)11(13)14;1-3-2/h3-6,12H,2H2,1H3,(H,13,14);3H,1-2H3. The van der Waals surface area contributed by atoms with Gasteiger partial charge in [0.05, 0.1) is 6.61 Å². The number of aromatic nitrogens is 1. The van der Waals surface area contributed by atoms with Gasteiger partial charge in [-0.2, -0.15) is 0 Å². The molecule has 0 amide bonds. The number of aromatic carboxylic acids is 1. The zero-order chi connectivity index (χ0) is 13.5. The van der Waals surface area contributed by atoms with Gasteiger partial charge >= 0.3 is 5.97 Å². The normalized spacial score (nSPS) is 9.72. The van der Waals surface area contributed by atoms with E-state index in [0.717, 1.165) is 16.7 Å². The number of carbonyl (C=O) groups is 1. The second kappa shape index (κ2) is 6.66. The number of ether oxygens (including phenoxy) is 1. The summed E-state index contributed by atoms with van der Waals surface area (Å²) in [6.07, 6.45) is 0. The predicted octanol–water partition coefficient (Wildman–Crippen LogP) is 2.10. The molecule has 2 aromatic rings. The third-order valence-corrected chi connectivity index (χ3v) is 2.13. The van der Waals surface area contributed by atoms with Crippen LogP contribution >= 0.6 is 0 Å². The molecule has 0 aliphatic rings. The molecule has 18 heavy (non-hydrogen) atoms. The van der Waals surface area contributed by atoms with E-state index in [-0.39, 0.29) is 5.69 Å². The number of carboxylic acid groups (broad SMARTS) is 1. The molecule has 0 bridgehead atoms. The summed E-state index contributed by atoms with van der Waals surface area (Å²) in [5.41, 5.74) is 0.995. The Morgan fingerprint density at radius 1 is 1.39 bits per heavy atom. The summed E-state index contributed by atoms with van der Waals surface area (Å²) in [5, 5.41) is 12.4. The number of hydrogen-bond donors (Lipinski definition) is 3. The maximum atomic E-state index is 10.7. The van der Waals surface area contributed by atoms with Gasteiger partial charge in [-0.15, -0.1) is 0 Å². The van der Waals surface area contributed by atoms with Crippen molar-refractivity contribution in [1.82, 2.24) is 10.3 Å². The van der Waals surface area contributed by atoms with Crippen LogP contribution in [0.15, 0.2) is 24.3 Å². The zero-order valence-corrected chi connectivity index (χ0v) is 10.8. The van der Waals surface area contributed by atoms with Crippen LogP contribution in [0.4, 0.5) is 0 Å². The minimum absolute atomic E-state index is 0.193. The third-order valence-electron chi connectivity index (χ3n) is 2.13. The summed E-state index contributed by atoms with van der Waals surface area (Å²) in [5.74, 6) is -0.204. The van der Waals surface area contributed by atoms with Gasteiger partial charge in [-0.3, -0.25) is 0 Å². The molecular formula is C13H18N2O3. The molecule has 5 heteroatoms. The van der Waals surface area contributed by atoms with Crippen molar-refractivity contribution in [1.29, 1.82) is 0 Å². The van der Waals surface area contributed by atoms with E-state index in [1.807, 2.05) is 39.2 Å². The number of fused-ring (bicyclic) bond motifs is 1. The quantitative estimate of drug-likeness (QED) is 0.780. The monoisotopic (exact) mass is 250 g/mol. The van der Waals surface area contributed by atoms with Crippen molar-refractivity contribution in [3.63, 3.8) is 0 Å². The number of H-pyrrole nitrogens is 1. The highest BCUT2D eigenvalue weighted by Crippen LogP contribution is 2.21. The van der Waals surface area contributed by atoms with E-state index in [1.165, 1.54) is 0 Å². The molecule has 0 aliphatic heterocycles. The first kappa shape index (κ1) is 14.1. The van der Waals surface area contributed by atoms with Crippen LogP contribution in [0.5, 0.6) is 5.75 Å². The Bertz CT molecular complexity index is 520. The molecule has 98 valence electrons. The molecule has 1 aromatic heterocycles. The molecule has 0 spiro atoms. The molecular weight excluding hydrogens is 232 g/mol. The summed E-state index contributed by atoms with van der Waals surface area (Å²) in [4.78, 5) is 13.5. The summed E-state index contributed by atoms with van der Waals surface area (Å²) in [7, 11) is 3.75. The fourth-order valence-corrected chi connectivity index (χ4v) is 1.48. The molecule has 0 aliphatic carbocycles. The van der Waals surface area contributed by atoms with E-state index in [2.05, 4.69) is 10.3 Å². The maximum Gasteiger partial charge on any atom is 0.352 e. The first-order valence-corrected chi connectivity index (χ1v) is 5.69. The molecule has 0 saturated carbocycles. The molecule has 0 radical (unpaired) electrons. The molecule has 2 rings (SSSR count). The van der Waals surface area contributed by atoms with Gasteiger partial charge < -0.3 is 20.1 Å². The van der Waals surface area contributed by atoms with E-state index in [0.29, 0.717) is 6.61 Å². The lowest BCUT2D eigenvalue weighted by atomic mass is 10.2. The Morgan fingerprint density at radius 2 is 2.06 bits per heavy atom. The van der Waals surface area contributed by atoms with Crippen LogP contribution < -0.4 is 10.1 Å². The zero-order valence-electron chi connectivity index (χ0n) is 10.8. The number of rotatable bonds is 3. The SMILES string of the molecule is CCOc1ccc2[nH]c(C(=O)O)cc2c1.CNC. The molecule has 3 N–H and O–H groups in total. The molecule has 1 aromatic carbocycles. The number of hydrogen-bond acceptors (Lipinski definition) is 3. The maximum absolute atomic E-state index is 10.7. The Hall–Kier alpha value is -2.01. The smallest absolute Gasteiger partial charge is 0.352 e. The average Bonchev–Trinajstić information content (AvgIpc) is 2.73. The van der Waals surface area contributed by atoms with E-state index >= 15 is 0 Å². The second-order valence-electron chi connectivity index (χ2n) is 3.67. The molecule has 0 unspecified atom stereocenters. The van der Waals surface area contributed by atoms with Crippen molar-refractivity contribution in [2.24, 2.45) is 0 Å². The first-order valence-electron chi connectivity index (χ1n) is 5.69. The van der Waals surface area contributed by atoms with E-state index < -0.39 is 5.97 Å². The second-order valence-corrected chi connectivity index (χ2v) is 3.67.